The molecule has 6 rings (SSSR count). The zero-order valence-electron chi connectivity index (χ0n) is 17.4. The van der Waals surface area contributed by atoms with Crippen LogP contribution in [0.5, 0.6) is 0 Å². The minimum Gasteiger partial charge on any atom is -0.493 e. The number of amides is 1. The molecule has 2 atom stereocenters. The number of H-pyrrole nitrogens is 1. The second kappa shape index (κ2) is 7.29. The summed E-state index contributed by atoms with van der Waals surface area (Å²) in [5, 5.41) is 7.32. The van der Waals surface area contributed by atoms with E-state index in [1.54, 1.807) is 0 Å². The van der Waals surface area contributed by atoms with Crippen LogP contribution in [-0.4, -0.2) is 39.7 Å². The van der Waals surface area contributed by atoms with E-state index in [4.69, 9.17) is 4.74 Å². The van der Waals surface area contributed by atoms with Crippen LogP contribution >= 0.6 is 0 Å². The molecule has 1 aromatic rings. The fourth-order valence-corrected chi connectivity index (χ4v) is 5.59. The first-order chi connectivity index (χ1) is 14.8. The molecule has 1 amide bonds. The fraction of sp³-hybridized carbons (Fsp3) is 0.520. The Kier molecular flexibility index (Phi) is 4.43. The van der Waals surface area contributed by atoms with Crippen LogP contribution < -0.4 is 0 Å². The van der Waals surface area contributed by atoms with Gasteiger partial charge in [0.1, 0.15) is 5.76 Å². The first-order valence-electron chi connectivity index (χ1n) is 11.6. The molecule has 0 radical (unpaired) electrons. The van der Waals surface area contributed by atoms with Crippen molar-refractivity contribution in [2.75, 3.05) is 6.61 Å². The molecular weight excluding hydrogens is 374 g/mol. The van der Waals surface area contributed by atoms with Crippen LogP contribution in [0.3, 0.4) is 0 Å². The van der Waals surface area contributed by atoms with Gasteiger partial charge in [-0.1, -0.05) is 24.3 Å². The number of aryl methyl sites for hydroxylation is 1. The largest absolute Gasteiger partial charge is 0.493 e. The molecule has 5 aliphatic rings. The summed E-state index contributed by atoms with van der Waals surface area (Å²) in [5.41, 5.74) is 6.52. The highest BCUT2D eigenvalue weighted by Crippen LogP contribution is 2.39. The summed E-state index contributed by atoms with van der Waals surface area (Å²) in [4.78, 5) is 15.8. The van der Waals surface area contributed by atoms with Gasteiger partial charge in [-0.3, -0.25) is 9.89 Å². The molecule has 1 aliphatic heterocycles. The topological polar surface area (TPSA) is 58.2 Å². The van der Waals surface area contributed by atoms with Crippen LogP contribution in [0.25, 0.3) is 0 Å². The summed E-state index contributed by atoms with van der Waals surface area (Å²) in [6.07, 6.45) is 20.1. The molecule has 2 unspecified atom stereocenters. The Hall–Kier alpha value is -2.56. The van der Waals surface area contributed by atoms with Gasteiger partial charge >= 0.3 is 0 Å². The Morgan fingerprint density at radius 2 is 2.07 bits per heavy atom. The fourth-order valence-electron chi connectivity index (χ4n) is 5.59. The number of aromatic nitrogens is 2. The Bertz CT molecular complexity index is 992. The van der Waals surface area contributed by atoms with E-state index in [1.807, 2.05) is 6.20 Å². The van der Waals surface area contributed by atoms with Gasteiger partial charge in [-0.05, 0) is 68.1 Å². The second-order valence-corrected chi connectivity index (χ2v) is 9.28. The van der Waals surface area contributed by atoms with Gasteiger partial charge < -0.3 is 9.64 Å². The van der Waals surface area contributed by atoms with E-state index in [9.17, 15) is 4.79 Å². The summed E-state index contributed by atoms with van der Waals surface area (Å²) in [5.74, 6) is 1.40. The van der Waals surface area contributed by atoms with Gasteiger partial charge in [-0.15, -0.1) is 0 Å². The predicted molar refractivity (Wildman–Crippen MR) is 115 cm³/mol. The Morgan fingerprint density at radius 1 is 1.13 bits per heavy atom. The molecule has 1 saturated heterocycles. The minimum absolute atomic E-state index is 0.0335. The maximum atomic E-state index is 13.6. The second-order valence-electron chi connectivity index (χ2n) is 9.28. The Morgan fingerprint density at radius 3 is 2.90 bits per heavy atom. The van der Waals surface area contributed by atoms with Crippen molar-refractivity contribution in [3.63, 3.8) is 0 Å². The number of hydrogen-bond acceptors (Lipinski definition) is 3. The highest BCUT2D eigenvalue weighted by Gasteiger charge is 2.41. The van der Waals surface area contributed by atoms with Crippen molar-refractivity contribution in [3.05, 3.63) is 64.2 Å². The third kappa shape index (κ3) is 3.15. The smallest absolute Gasteiger partial charge is 0.230 e. The lowest BCUT2D eigenvalue weighted by molar-refractivity contribution is -0.137. The molecule has 5 nitrogen and oxygen atoms in total. The molecular formula is C25H29N3O2. The first kappa shape index (κ1) is 18.2. The number of nitrogens with one attached hydrogen (secondary N) is 1. The van der Waals surface area contributed by atoms with Crippen LogP contribution in [0, 0.1) is 5.92 Å². The van der Waals surface area contributed by atoms with Gasteiger partial charge in [0.25, 0.3) is 0 Å². The van der Waals surface area contributed by atoms with E-state index < -0.39 is 0 Å². The summed E-state index contributed by atoms with van der Waals surface area (Å²) < 4.78 is 5.93. The lowest BCUT2D eigenvalue weighted by Crippen LogP contribution is -2.47. The standard InChI is InChI=1S/C25H29N3O2/c29-25(28(20-8-9-20)21-10-11-23-19(14-21)15-26-27-23)18-6-4-16(5-7-18)22-3-1-2-17-12-13-30-24(17)22/h2,4-6,15,18,20-21H,1,3,7-14H2,(H,26,27). The number of nitrogens with zero attached hydrogens (tertiary/aromatic N) is 2. The molecule has 30 heavy (non-hydrogen) atoms. The van der Waals surface area contributed by atoms with E-state index in [0.717, 1.165) is 70.2 Å². The third-order valence-electron chi connectivity index (χ3n) is 7.31. The van der Waals surface area contributed by atoms with Crippen molar-refractivity contribution in [2.24, 2.45) is 5.92 Å². The molecule has 1 saturated carbocycles. The first-order valence-corrected chi connectivity index (χ1v) is 11.6. The van der Waals surface area contributed by atoms with Crippen molar-refractivity contribution < 1.29 is 9.53 Å². The molecule has 0 spiro atoms. The van der Waals surface area contributed by atoms with Crippen LogP contribution in [0.1, 0.15) is 56.2 Å². The van der Waals surface area contributed by atoms with Crippen molar-refractivity contribution in [1.82, 2.24) is 15.1 Å². The van der Waals surface area contributed by atoms with Gasteiger partial charge in [-0.2, -0.15) is 5.10 Å². The van der Waals surface area contributed by atoms with Crippen LogP contribution in [0.4, 0.5) is 0 Å². The highest BCUT2D eigenvalue weighted by molar-refractivity contribution is 5.82. The quantitative estimate of drug-likeness (QED) is 0.821. The van der Waals surface area contributed by atoms with Gasteiger partial charge in [-0.25, -0.2) is 0 Å². The molecule has 2 fully saturated rings. The molecule has 1 aromatic heterocycles. The highest BCUT2D eigenvalue weighted by atomic mass is 16.5. The number of fused-ring (bicyclic) bond motifs is 2. The van der Waals surface area contributed by atoms with Crippen LogP contribution in [0.2, 0.25) is 0 Å². The van der Waals surface area contributed by atoms with Crippen LogP contribution in [-0.2, 0) is 22.4 Å². The number of ether oxygens (including phenoxy) is 1. The Balaban J connectivity index is 1.18. The lowest BCUT2D eigenvalue weighted by atomic mass is 9.86. The maximum absolute atomic E-state index is 13.6. The number of allylic oxidation sites excluding steroid dienone is 6. The van der Waals surface area contributed by atoms with Crippen molar-refractivity contribution in [1.29, 1.82) is 0 Å². The number of aromatic amines is 1. The number of hydrogen-bond donors (Lipinski definition) is 1. The van der Waals surface area contributed by atoms with Crippen molar-refractivity contribution >= 4 is 5.91 Å². The summed E-state index contributed by atoms with van der Waals surface area (Å²) in [7, 11) is 0. The average molecular weight is 404 g/mol. The third-order valence-corrected chi connectivity index (χ3v) is 7.31. The van der Waals surface area contributed by atoms with Gasteiger partial charge in [0.05, 0.1) is 18.7 Å². The number of carbonyl (C=O) groups is 1. The van der Waals surface area contributed by atoms with Crippen LogP contribution in [0.15, 0.2) is 53.0 Å². The van der Waals surface area contributed by atoms with E-state index >= 15 is 0 Å². The molecule has 156 valence electrons. The lowest BCUT2D eigenvalue weighted by Gasteiger charge is -2.36. The monoisotopic (exact) mass is 403 g/mol. The number of carbonyl (C=O) groups excluding carboxylic acids is 1. The molecule has 4 aliphatic carbocycles. The van der Waals surface area contributed by atoms with Gasteiger partial charge in [0.2, 0.25) is 5.91 Å². The maximum Gasteiger partial charge on any atom is 0.230 e. The van der Waals surface area contributed by atoms with Gasteiger partial charge in [0.15, 0.2) is 0 Å². The molecule has 1 N–H and O–H groups in total. The molecule has 0 aromatic carbocycles. The number of rotatable bonds is 4. The average Bonchev–Trinajstić information content (AvgIpc) is 3.30. The molecule has 5 heteroatoms. The van der Waals surface area contributed by atoms with Crippen molar-refractivity contribution in [2.45, 2.75) is 69.9 Å². The zero-order valence-corrected chi connectivity index (χ0v) is 17.4. The minimum atomic E-state index is -0.0335. The van der Waals surface area contributed by atoms with Gasteiger partial charge in [0, 0.05) is 29.8 Å². The molecule has 0 bridgehead atoms. The summed E-state index contributed by atoms with van der Waals surface area (Å²) in [6, 6.07) is 0.759. The Labute approximate surface area is 177 Å². The molecule has 2 heterocycles. The zero-order chi connectivity index (χ0) is 20.1. The van der Waals surface area contributed by atoms with E-state index in [1.165, 1.54) is 28.0 Å². The SMILES string of the molecule is O=C(C1C=CC(C2=C3OCCC3=CCC2)=CC1)N(C1CC1)C1CCc2[nH]ncc2C1. The van der Waals surface area contributed by atoms with Crippen molar-refractivity contribution in [3.8, 4) is 0 Å². The predicted octanol–water partition coefficient (Wildman–Crippen LogP) is 4.16. The normalized spacial score (nSPS) is 27.7. The summed E-state index contributed by atoms with van der Waals surface area (Å²) in [6.45, 7) is 0.804. The summed E-state index contributed by atoms with van der Waals surface area (Å²) >= 11 is 0. The van der Waals surface area contributed by atoms with E-state index in [-0.39, 0.29) is 5.92 Å². The van der Waals surface area contributed by atoms with E-state index in [0.29, 0.717) is 18.0 Å². The van der Waals surface area contributed by atoms with E-state index in [2.05, 4.69) is 39.4 Å².